The number of carbonyl (C=O) groups is 1. The van der Waals surface area contributed by atoms with Gasteiger partial charge in [0.05, 0.1) is 10.3 Å². The van der Waals surface area contributed by atoms with E-state index in [1.54, 1.807) is 0 Å². The molecule has 128 valence electrons. The lowest BCUT2D eigenvalue weighted by molar-refractivity contribution is -0.154. The highest BCUT2D eigenvalue weighted by atomic mass is 32.2. The average molecular weight is 349 g/mol. The van der Waals surface area contributed by atoms with Crippen LogP contribution < -0.4 is 4.72 Å². The van der Waals surface area contributed by atoms with Crippen LogP contribution in [0.1, 0.15) is 24.8 Å². The van der Waals surface area contributed by atoms with Gasteiger partial charge in [-0.15, -0.1) is 0 Å². The molecule has 0 unspecified atom stereocenters. The summed E-state index contributed by atoms with van der Waals surface area (Å²) in [4.78, 5) is 11.3. The number of ether oxygens (including phenoxy) is 1. The number of carboxylic acids is 1. The first-order valence-electron chi connectivity index (χ1n) is 6.96. The average Bonchev–Trinajstić information content (AvgIpc) is 2.54. The molecular formula is C14H17F2NO5S. The Bertz CT molecular complexity index is 654. The highest BCUT2D eigenvalue weighted by Gasteiger charge is 2.41. The second-order valence-corrected chi connectivity index (χ2v) is 7.16. The van der Waals surface area contributed by atoms with Crippen LogP contribution in [0.2, 0.25) is 0 Å². The van der Waals surface area contributed by atoms with Gasteiger partial charge in [0.2, 0.25) is 10.0 Å². The highest BCUT2D eigenvalue weighted by molar-refractivity contribution is 7.89. The monoisotopic (exact) mass is 349 g/mol. The van der Waals surface area contributed by atoms with Gasteiger partial charge in [-0.25, -0.2) is 21.9 Å². The van der Waals surface area contributed by atoms with Gasteiger partial charge < -0.3 is 9.84 Å². The van der Waals surface area contributed by atoms with Gasteiger partial charge in [0, 0.05) is 25.3 Å². The largest absolute Gasteiger partial charge is 0.481 e. The Morgan fingerprint density at radius 1 is 1.26 bits per heavy atom. The summed E-state index contributed by atoms with van der Waals surface area (Å²) < 4.78 is 56.7. The Morgan fingerprint density at radius 3 is 2.30 bits per heavy atom. The van der Waals surface area contributed by atoms with Gasteiger partial charge in [0.25, 0.3) is 6.43 Å². The quantitative estimate of drug-likeness (QED) is 0.817. The molecule has 0 aromatic heterocycles. The number of benzene rings is 1. The molecule has 0 atom stereocenters. The van der Waals surface area contributed by atoms with Crippen molar-refractivity contribution in [3.05, 3.63) is 29.8 Å². The lowest BCUT2D eigenvalue weighted by Gasteiger charge is -2.33. The number of carboxylic acid groups (broad SMARTS) is 1. The smallest absolute Gasteiger partial charge is 0.311 e. The summed E-state index contributed by atoms with van der Waals surface area (Å²) in [6.07, 6.45) is -2.28. The van der Waals surface area contributed by atoms with Crippen molar-refractivity contribution in [2.24, 2.45) is 5.41 Å². The Morgan fingerprint density at radius 2 is 1.83 bits per heavy atom. The minimum absolute atomic E-state index is 0.186. The first-order valence-corrected chi connectivity index (χ1v) is 8.44. The summed E-state index contributed by atoms with van der Waals surface area (Å²) in [6, 6.07) is 4.20. The molecule has 0 amide bonds. The van der Waals surface area contributed by atoms with E-state index in [0.717, 1.165) is 24.3 Å². The van der Waals surface area contributed by atoms with E-state index in [0.29, 0.717) is 0 Å². The predicted octanol–water partition coefficient (Wildman–Crippen LogP) is 1.78. The normalized spacial score (nSPS) is 18.0. The Hall–Kier alpha value is -1.58. The fraction of sp³-hybridized carbons (Fsp3) is 0.500. The Balaban J connectivity index is 2.12. The van der Waals surface area contributed by atoms with Gasteiger partial charge in [0.15, 0.2) is 0 Å². The van der Waals surface area contributed by atoms with Crippen molar-refractivity contribution >= 4 is 16.0 Å². The molecule has 2 N–H and O–H groups in total. The maximum atomic E-state index is 12.5. The summed E-state index contributed by atoms with van der Waals surface area (Å²) in [5, 5.41) is 9.38. The molecule has 9 heteroatoms. The van der Waals surface area contributed by atoms with Gasteiger partial charge >= 0.3 is 5.97 Å². The van der Waals surface area contributed by atoms with Gasteiger partial charge in [-0.2, -0.15) is 0 Å². The van der Waals surface area contributed by atoms with Gasteiger partial charge in [-0.05, 0) is 25.0 Å². The third-order valence-electron chi connectivity index (χ3n) is 3.95. The van der Waals surface area contributed by atoms with Gasteiger partial charge in [-0.3, -0.25) is 4.79 Å². The van der Waals surface area contributed by atoms with Gasteiger partial charge in [0.1, 0.15) is 0 Å². The molecule has 1 aliphatic rings. The number of sulfonamides is 1. The number of aliphatic carboxylic acids is 1. The van der Waals surface area contributed by atoms with Crippen LogP contribution in [0.15, 0.2) is 29.2 Å². The van der Waals surface area contributed by atoms with Crippen molar-refractivity contribution in [2.45, 2.75) is 24.2 Å². The van der Waals surface area contributed by atoms with E-state index < -0.39 is 27.8 Å². The fourth-order valence-corrected chi connectivity index (χ4v) is 3.46. The Kier molecular flexibility index (Phi) is 5.33. The number of hydrogen-bond acceptors (Lipinski definition) is 4. The third-order valence-corrected chi connectivity index (χ3v) is 5.36. The molecule has 1 aromatic rings. The van der Waals surface area contributed by atoms with Crippen LogP contribution >= 0.6 is 0 Å². The number of nitrogens with one attached hydrogen (secondary N) is 1. The number of halogens is 2. The fourth-order valence-electron chi connectivity index (χ4n) is 2.34. The van der Waals surface area contributed by atoms with Crippen LogP contribution in [0.25, 0.3) is 0 Å². The van der Waals surface area contributed by atoms with Crippen LogP contribution in [-0.4, -0.2) is 39.3 Å². The zero-order valence-electron chi connectivity index (χ0n) is 12.2. The first kappa shape index (κ1) is 17.8. The lowest BCUT2D eigenvalue weighted by Crippen LogP contribution is -2.46. The van der Waals surface area contributed by atoms with E-state index in [4.69, 9.17) is 4.74 Å². The van der Waals surface area contributed by atoms with Crippen molar-refractivity contribution in [1.82, 2.24) is 4.72 Å². The predicted molar refractivity (Wildman–Crippen MR) is 76.7 cm³/mol. The van der Waals surface area contributed by atoms with Crippen molar-refractivity contribution in [3.8, 4) is 0 Å². The van der Waals surface area contributed by atoms with Crippen molar-refractivity contribution in [3.63, 3.8) is 0 Å². The minimum Gasteiger partial charge on any atom is -0.481 e. The number of alkyl halides is 2. The third kappa shape index (κ3) is 4.04. The van der Waals surface area contributed by atoms with Crippen molar-refractivity contribution < 1.29 is 31.8 Å². The zero-order chi connectivity index (χ0) is 17.1. The molecule has 1 saturated heterocycles. The standard InChI is InChI=1S/C14H17F2NO5S/c15-12(16)10-1-3-11(4-2-10)23(20,21)17-9-14(13(18)19)5-7-22-8-6-14/h1-4,12,17H,5-9H2,(H,18,19). The molecule has 1 heterocycles. The van der Waals surface area contributed by atoms with E-state index in [9.17, 15) is 27.1 Å². The molecule has 23 heavy (non-hydrogen) atoms. The summed E-state index contributed by atoms with van der Waals surface area (Å²) >= 11 is 0. The van der Waals surface area contributed by atoms with E-state index in [1.165, 1.54) is 0 Å². The molecule has 0 spiro atoms. The molecule has 1 fully saturated rings. The first-order chi connectivity index (χ1) is 10.8. The molecule has 0 aliphatic carbocycles. The molecule has 2 rings (SSSR count). The summed E-state index contributed by atoms with van der Waals surface area (Å²) in [6.45, 7) is 0.221. The van der Waals surface area contributed by atoms with E-state index in [1.807, 2.05) is 0 Å². The molecule has 1 aromatic carbocycles. The molecule has 0 bridgehead atoms. The molecule has 1 aliphatic heterocycles. The molecule has 6 nitrogen and oxygen atoms in total. The lowest BCUT2D eigenvalue weighted by atomic mass is 9.80. The van der Waals surface area contributed by atoms with E-state index >= 15 is 0 Å². The van der Waals surface area contributed by atoms with Crippen LogP contribution in [0.4, 0.5) is 8.78 Å². The zero-order valence-corrected chi connectivity index (χ0v) is 13.0. The SMILES string of the molecule is O=C(O)C1(CNS(=O)(=O)c2ccc(C(F)F)cc2)CCOCC1. The maximum Gasteiger partial charge on any atom is 0.311 e. The van der Waals surface area contributed by atoms with Crippen molar-refractivity contribution in [1.29, 1.82) is 0 Å². The van der Waals surface area contributed by atoms with Crippen molar-refractivity contribution in [2.75, 3.05) is 19.8 Å². The minimum atomic E-state index is -3.97. The van der Waals surface area contributed by atoms with Crippen LogP contribution in [-0.2, 0) is 19.6 Å². The second-order valence-electron chi connectivity index (χ2n) is 5.39. The second kappa shape index (κ2) is 6.90. The maximum absolute atomic E-state index is 12.5. The molecule has 0 radical (unpaired) electrons. The number of hydrogen-bond donors (Lipinski definition) is 2. The summed E-state index contributed by atoms with van der Waals surface area (Å²) in [5.74, 6) is -1.09. The highest BCUT2D eigenvalue weighted by Crippen LogP contribution is 2.30. The summed E-state index contributed by atoms with van der Waals surface area (Å²) in [7, 11) is -3.97. The van der Waals surface area contributed by atoms with Crippen LogP contribution in [0.3, 0.4) is 0 Å². The van der Waals surface area contributed by atoms with Crippen LogP contribution in [0, 0.1) is 5.41 Å². The number of rotatable bonds is 6. The van der Waals surface area contributed by atoms with Gasteiger partial charge in [-0.1, -0.05) is 12.1 Å². The molecule has 0 saturated carbocycles. The molecular weight excluding hydrogens is 332 g/mol. The summed E-state index contributed by atoms with van der Waals surface area (Å²) in [5.41, 5.74) is -1.50. The van der Waals surface area contributed by atoms with E-state index in [-0.39, 0.29) is 43.1 Å². The van der Waals surface area contributed by atoms with E-state index in [2.05, 4.69) is 4.72 Å². The Labute approximate surface area is 132 Å². The van der Waals surface area contributed by atoms with Crippen LogP contribution in [0.5, 0.6) is 0 Å². The topological polar surface area (TPSA) is 92.7 Å².